The molecule has 174 valence electrons. The summed E-state index contributed by atoms with van der Waals surface area (Å²) in [6, 6.07) is 13.1. The van der Waals surface area contributed by atoms with Crippen molar-refractivity contribution in [3.63, 3.8) is 0 Å². The van der Waals surface area contributed by atoms with Gasteiger partial charge in [-0.25, -0.2) is 21.6 Å². The van der Waals surface area contributed by atoms with E-state index >= 15 is 0 Å². The van der Waals surface area contributed by atoms with Crippen molar-refractivity contribution in [3.05, 3.63) is 48.5 Å². The molecule has 32 heavy (non-hydrogen) atoms. The van der Waals surface area contributed by atoms with Crippen LogP contribution in [0.15, 0.2) is 58.3 Å². The maximum atomic E-state index is 13.1. The molecule has 0 radical (unpaired) electrons. The van der Waals surface area contributed by atoms with Crippen LogP contribution in [0, 0.1) is 0 Å². The Hall–Kier alpha value is -2.14. The van der Waals surface area contributed by atoms with E-state index in [0.29, 0.717) is 26.2 Å². The van der Waals surface area contributed by atoms with Gasteiger partial charge in [0.2, 0.25) is 20.0 Å². The molecular weight excluding hydrogens is 450 g/mol. The lowest BCUT2D eigenvalue weighted by atomic mass is 10.2. The highest BCUT2D eigenvalue weighted by molar-refractivity contribution is 7.89. The highest BCUT2D eigenvalue weighted by atomic mass is 32.2. The second-order valence-electron chi connectivity index (χ2n) is 8.14. The number of sulfonamides is 2. The molecule has 1 saturated carbocycles. The van der Waals surface area contributed by atoms with Crippen molar-refractivity contribution in [1.29, 1.82) is 0 Å². The predicted molar refractivity (Wildman–Crippen MR) is 123 cm³/mol. The summed E-state index contributed by atoms with van der Waals surface area (Å²) >= 11 is 0. The molecule has 2 aromatic carbocycles. The molecule has 0 aromatic heterocycles. The Morgan fingerprint density at radius 2 is 1.44 bits per heavy atom. The standard InChI is InChI=1S/C22H29N3O5S2/c1-30-22-9-5-4-8-21(22)24-14-16-25(17-15-24)32(28,29)20-12-10-19(11-13-20)31(26,27)23-18-6-2-3-7-18/h4-5,8-13,18,23H,2-3,6-7,14-17H2,1H3. The Labute approximate surface area is 190 Å². The van der Waals surface area contributed by atoms with Crippen LogP contribution in [0.4, 0.5) is 5.69 Å². The first kappa shape index (κ1) is 23.0. The van der Waals surface area contributed by atoms with Gasteiger partial charge in [0, 0.05) is 32.2 Å². The van der Waals surface area contributed by atoms with Crippen LogP contribution in [-0.4, -0.2) is 60.5 Å². The van der Waals surface area contributed by atoms with Crippen molar-refractivity contribution >= 4 is 25.7 Å². The van der Waals surface area contributed by atoms with Crippen molar-refractivity contribution in [2.24, 2.45) is 0 Å². The van der Waals surface area contributed by atoms with E-state index in [1.807, 2.05) is 24.3 Å². The highest BCUT2D eigenvalue weighted by Crippen LogP contribution is 2.29. The zero-order valence-electron chi connectivity index (χ0n) is 18.1. The number of piperazine rings is 1. The zero-order valence-corrected chi connectivity index (χ0v) is 19.7. The summed E-state index contributed by atoms with van der Waals surface area (Å²) < 4.78 is 61.0. The smallest absolute Gasteiger partial charge is 0.243 e. The molecule has 0 atom stereocenters. The van der Waals surface area contributed by atoms with E-state index in [9.17, 15) is 16.8 Å². The van der Waals surface area contributed by atoms with Crippen molar-refractivity contribution in [3.8, 4) is 5.75 Å². The molecule has 1 aliphatic heterocycles. The third-order valence-electron chi connectivity index (χ3n) is 6.11. The van der Waals surface area contributed by atoms with Crippen LogP contribution in [0.1, 0.15) is 25.7 Å². The molecule has 1 aliphatic carbocycles. The number of methoxy groups -OCH3 is 1. The number of benzene rings is 2. The normalized spacial score (nSPS) is 18.7. The van der Waals surface area contributed by atoms with Crippen molar-refractivity contribution in [2.75, 3.05) is 38.2 Å². The fourth-order valence-corrected chi connectivity index (χ4v) is 7.06. The summed E-state index contributed by atoms with van der Waals surface area (Å²) in [7, 11) is -5.74. The maximum absolute atomic E-state index is 13.1. The lowest BCUT2D eigenvalue weighted by molar-refractivity contribution is 0.378. The third-order valence-corrected chi connectivity index (χ3v) is 9.56. The quantitative estimate of drug-likeness (QED) is 0.655. The summed E-state index contributed by atoms with van der Waals surface area (Å²) in [5.41, 5.74) is 0.941. The van der Waals surface area contributed by atoms with Gasteiger partial charge in [-0.05, 0) is 49.2 Å². The molecule has 0 unspecified atom stereocenters. The van der Waals surface area contributed by atoms with Crippen LogP contribution in [-0.2, 0) is 20.0 Å². The molecule has 1 saturated heterocycles. The van der Waals surface area contributed by atoms with Crippen LogP contribution in [0.2, 0.25) is 0 Å². The molecule has 10 heteroatoms. The summed E-state index contributed by atoms with van der Waals surface area (Å²) in [6.07, 6.45) is 3.72. The largest absolute Gasteiger partial charge is 0.495 e. The molecule has 2 aromatic rings. The molecule has 0 amide bonds. The van der Waals surface area contributed by atoms with Gasteiger partial charge in [-0.1, -0.05) is 25.0 Å². The van der Waals surface area contributed by atoms with E-state index in [-0.39, 0.29) is 15.8 Å². The van der Waals surface area contributed by atoms with E-state index in [1.165, 1.54) is 28.6 Å². The highest BCUT2D eigenvalue weighted by Gasteiger charge is 2.30. The molecule has 2 fully saturated rings. The fraction of sp³-hybridized carbons (Fsp3) is 0.455. The summed E-state index contributed by atoms with van der Waals surface area (Å²) in [5.74, 6) is 0.756. The minimum absolute atomic E-state index is 0.0389. The Morgan fingerprint density at radius 1 is 0.844 bits per heavy atom. The molecule has 2 aliphatic rings. The second kappa shape index (κ2) is 9.38. The van der Waals surface area contributed by atoms with E-state index in [4.69, 9.17) is 4.74 Å². The molecule has 8 nitrogen and oxygen atoms in total. The van der Waals surface area contributed by atoms with Gasteiger partial charge >= 0.3 is 0 Å². The van der Waals surface area contributed by atoms with E-state index in [0.717, 1.165) is 37.1 Å². The number of nitrogens with one attached hydrogen (secondary N) is 1. The predicted octanol–water partition coefficient (Wildman–Crippen LogP) is 2.43. The Morgan fingerprint density at radius 3 is 2.06 bits per heavy atom. The van der Waals surface area contributed by atoms with Crippen molar-refractivity contribution in [1.82, 2.24) is 9.03 Å². The van der Waals surface area contributed by atoms with Crippen LogP contribution in [0.25, 0.3) is 0 Å². The minimum atomic E-state index is -3.71. The third kappa shape index (κ3) is 4.78. The monoisotopic (exact) mass is 479 g/mol. The van der Waals surface area contributed by atoms with E-state index in [2.05, 4.69) is 9.62 Å². The fourth-order valence-electron chi connectivity index (χ4n) is 4.33. The zero-order chi connectivity index (χ0) is 22.8. The molecule has 1 N–H and O–H groups in total. The summed E-state index contributed by atoms with van der Waals surface area (Å²) in [5, 5.41) is 0. The van der Waals surface area contributed by atoms with Crippen LogP contribution in [0.3, 0.4) is 0 Å². The Balaban J connectivity index is 1.44. The summed E-state index contributed by atoms with van der Waals surface area (Å²) in [6.45, 7) is 1.75. The second-order valence-corrected chi connectivity index (χ2v) is 11.8. The number of para-hydroxylation sites is 2. The number of nitrogens with zero attached hydrogens (tertiary/aromatic N) is 2. The van der Waals surface area contributed by atoms with Gasteiger partial charge in [0.1, 0.15) is 5.75 Å². The van der Waals surface area contributed by atoms with Crippen molar-refractivity contribution in [2.45, 2.75) is 41.5 Å². The molecule has 1 heterocycles. The first-order valence-electron chi connectivity index (χ1n) is 10.8. The number of hydrogen-bond acceptors (Lipinski definition) is 6. The van der Waals surface area contributed by atoms with Gasteiger partial charge in [-0.15, -0.1) is 0 Å². The minimum Gasteiger partial charge on any atom is -0.495 e. The molecule has 4 rings (SSSR count). The number of rotatable bonds is 7. The van der Waals surface area contributed by atoms with Gasteiger partial charge in [-0.3, -0.25) is 0 Å². The van der Waals surface area contributed by atoms with Gasteiger partial charge in [0.25, 0.3) is 0 Å². The van der Waals surface area contributed by atoms with E-state index < -0.39 is 20.0 Å². The van der Waals surface area contributed by atoms with Gasteiger partial charge in [0.15, 0.2) is 0 Å². The van der Waals surface area contributed by atoms with Gasteiger partial charge in [0.05, 0.1) is 22.6 Å². The average molecular weight is 480 g/mol. The van der Waals surface area contributed by atoms with Crippen molar-refractivity contribution < 1.29 is 21.6 Å². The molecule has 0 spiro atoms. The Bertz CT molecular complexity index is 1140. The number of hydrogen-bond donors (Lipinski definition) is 1. The van der Waals surface area contributed by atoms with Gasteiger partial charge < -0.3 is 9.64 Å². The maximum Gasteiger partial charge on any atom is 0.243 e. The van der Waals surface area contributed by atoms with E-state index in [1.54, 1.807) is 7.11 Å². The average Bonchev–Trinajstić information content (AvgIpc) is 3.31. The number of anilines is 1. The summed E-state index contributed by atoms with van der Waals surface area (Å²) in [4.78, 5) is 2.29. The Kier molecular flexibility index (Phi) is 6.75. The SMILES string of the molecule is COc1ccccc1N1CCN(S(=O)(=O)c2ccc(S(=O)(=O)NC3CCCC3)cc2)CC1. The lowest BCUT2D eigenvalue weighted by Gasteiger charge is -2.35. The van der Waals surface area contributed by atoms with Crippen LogP contribution < -0.4 is 14.4 Å². The lowest BCUT2D eigenvalue weighted by Crippen LogP contribution is -2.48. The van der Waals surface area contributed by atoms with Gasteiger partial charge in [-0.2, -0.15) is 4.31 Å². The first-order chi connectivity index (χ1) is 15.3. The number of ether oxygens (including phenoxy) is 1. The topological polar surface area (TPSA) is 96.0 Å². The van der Waals surface area contributed by atoms with Crippen LogP contribution >= 0.6 is 0 Å². The molecule has 0 bridgehead atoms. The molecular formula is C22H29N3O5S2. The van der Waals surface area contributed by atoms with Crippen LogP contribution in [0.5, 0.6) is 5.75 Å². The first-order valence-corrected chi connectivity index (χ1v) is 13.7.